The average molecular weight is 414 g/mol. The molecular weight excluding hydrogens is 390 g/mol. The normalized spacial score (nSPS) is 23.1. The van der Waals surface area contributed by atoms with Crippen molar-refractivity contribution in [2.24, 2.45) is 0 Å². The Morgan fingerprint density at radius 1 is 1.17 bits per heavy atom. The van der Waals surface area contributed by atoms with Crippen molar-refractivity contribution >= 4 is 28.9 Å². The molecule has 0 aliphatic carbocycles. The van der Waals surface area contributed by atoms with Crippen molar-refractivity contribution in [1.29, 1.82) is 0 Å². The maximum atomic E-state index is 12.9. The summed E-state index contributed by atoms with van der Waals surface area (Å²) < 4.78 is 0. The summed E-state index contributed by atoms with van der Waals surface area (Å²) >= 11 is 6.49. The monoisotopic (exact) mass is 413 g/mol. The molecule has 0 N–H and O–H groups in total. The first-order valence-electron chi connectivity index (χ1n) is 9.92. The number of non-ortho nitro benzene ring substituents is 1. The predicted octanol–water partition coefficient (Wildman–Crippen LogP) is 4.83. The van der Waals surface area contributed by atoms with Crippen LogP contribution in [-0.2, 0) is 0 Å². The number of nitro groups is 1. The number of anilines is 1. The van der Waals surface area contributed by atoms with Gasteiger partial charge in [0.15, 0.2) is 0 Å². The minimum atomic E-state index is -0.409. The Balaban J connectivity index is 1.56. The van der Waals surface area contributed by atoms with Crippen LogP contribution in [-0.4, -0.2) is 40.9 Å². The molecule has 0 spiro atoms. The van der Waals surface area contributed by atoms with Crippen molar-refractivity contribution in [2.45, 2.75) is 50.7 Å². The molecule has 2 aliphatic rings. The van der Waals surface area contributed by atoms with Crippen LogP contribution in [0.1, 0.15) is 41.6 Å². The van der Waals surface area contributed by atoms with E-state index in [9.17, 15) is 14.9 Å². The van der Waals surface area contributed by atoms with E-state index in [1.54, 1.807) is 6.07 Å². The van der Waals surface area contributed by atoms with Crippen LogP contribution in [0.15, 0.2) is 42.5 Å². The molecule has 29 heavy (non-hydrogen) atoms. The van der Waals surface area contributed by atoms with Crippen molar-refractivity contribution in [1.82, 2.24) is 4.90 Å². The van der Waals surface area contributed by atoms with E-state index in [0.717, 1.165) is 36.9 Å². The minimum Gasteiger partial charge on any atom is -0.364 e. The summed E-state index contributed by atoms with van der Waals surface area (Å²) in [4.78, 5) is 27.8. The second-order valence-electron chi connectivity index (χ2n) is 8.05. The second kappa shape index (κ2) is 7.67. The van der Waals surface area contributed by atoms with E-state index < -0.39 is 4.92 Å². The lowest BCUT2D eigenvalue weighted by molar-refractivity contribution is -0.384. The number of carbonyl (C=O) groups is 1. The number of piperidine rings is 1. The lowest BCUT2D eigenvalue weighted by Crippen LogP contribution is -2.51. The molecular formula is C22H24ClN3O3. The summed E-state index contributed by atoms with van der Waals surface area (Å²) in [6.45, 7) is 1.88. The average Bonchev–Trinajstić information content (AvgIpc) is 2.95. The van der Waals surface area contributed by atoms with Gasteiger partial charge < -0.3 is 9.80 Å². The highest BCUT2D eigenvalue weighted by molar-refractivity contribution is 6.33. The van der Waals surface area contributed by atoms with Crippen molar-refractivity contribution in [2.75, 3.05) is 11.9 Å². The van der Waals surface area contributed by atoms with E-state index in [2.05, 4.69) is 4.90 Å². The zero-order valence-electron chi connectivity index (χ0n) is 16.5. The van der Waals surface area contributed by atoms with E-state index in [4.69, 9.17) is 11.6 Å². The number of aryl methyl sites for hydroxylation is 1. The quantitative estimate of drug-likeness (QED) is 0.532. The fourth-order valence-electron chi connectivity index (χ4n) is 4.93. The summed E-state index contributed by atoms with van der Waals surface area (Å²) in [6.07, 6.45) is 3.83. The van der Waals surface area contributed by atoms with Crippen LogP contribution >= 0.6 is 11.6 Å². The maximum Gasteiger partial charge on any atom is 0.271 e. The Morgan fingerprint density at radius 3 is 2.34 bits per heavy atom. The Hall–Kier alpha value is -2.60. The van der Waals surface area contributed by atoms with E-state index >= 15 is 0 Å². The molecule has 2 aromatic rings. The van der Waals surface area contributed by atoms with E-state index in [1.807, 2.05) is 49.2 Å². The number of benzene rings is 2. The molecule has 0 saturated carbocycles. The second-order valence-corrected chi connectivity index (χ2v) is 8.46. The third kappa shape index (κ3) is 3.57. The van der Waals surface area contributed by atoms with Gasteiger partial charge >= 0.3 is 0 Å². The third-order valence-electron chi connectivity index (χ3n) is 6.30. The third-order valence-corrected chi connectivity index (χ3v) is 6.59. The van der Waals surface area contributed by atoms with Crippen molar-refractivity contribution in [3.63, 3.8) is 0 Å². The number of fused-ring (bicyclic) bond motifs is 2. The van der Waals surface area contributed by atoms with Gasteiger partial charge in [-0.25, -0.2) is 0 Å². The molecule has 0 aromatic heterocycles. The zero-order chi connectivity index (χ0) is 20.7. The Bertz CT molecular complexity index is 913. The number of nitro benzene ring substituents is 1. The summed E-state index contributed by atoms with van der Waals surface area (Å²) in [5.41, 5.74) is 2.46. The molecule has 2 atom stereocenters. The van der Waals surface area contributed by atoms with Crippen LogP contribution in [0, 0.1) is 17.0 Å². The molecule has 6 nitrogen and oxygen atoms in total. The van der Waals surface area contributed by atoms with Crippen molar-refractivity contribution < 1.29 is 9.72 Å². The molecule has 2 fully saturated rings. The van der Waals surface area contributed by atoms with Gasteiger partial charge in [-0.15, -0.1) is 0 Å². The van der Waals surface area contributed by atoms with Crippen molar-refractivity contribution in [3.8, 4) is 0 Å². The number of rotatable bonds is 4. The molecule has 152 valence electrons. The molecule has 2 saturated heterocycles. The minimum absolute atomic E-state index is 0.0201. The van der Waals surface area contributed by atoms with E-state index in [0.29, 0.717) is 10.6 Å². The fourth-order valence-corrected chi connectivity index (χ4v) is 5.29. The first-order chi connectivity index (χ1) is 13.9. The molecule has 2 bridgehead atoms. The highest BCUT2D eigenvalue weighted by atomic mass is 35.5. The van der Waals surface area contributed by atoms with Crippen LogP contribution in [0.4, 0.5) is 11.4 Å². The number of halogens is 1. The lowest BCUT2D eigenvalue weighted by Gasteiger charge is -2.44. The fraction of sp³-hybridized carbons (Fsp3) is 0.409. The summed E-state index contributed by atoms with van der Waals surface area (Å²) in [5, 5.41) is 11.6. The Morgan fingerprint density at radius 2 is 1.79 bits per heavy atom. The summed E-state index contributed by atoms with van der Waals surface area (Å²) in [7, 11) is 1.89. The molecule has 1 amide bonds. The Labute approximate surface area is 175 Å². The smallest absolute Gasteiger partial charge is 0.271 e. The van der Waals surface area contributed by atoms with Gasteiger partial charge in [0.05, 0.1) is 15.6 Å². The molecule has 7 heteroatoms. The standard InChI is InChI=1S/C22H24ClN3O3/c1-14-10-19(26(28)29)13-20(23)21(14)25-16-8-9-17(25)12-18(11-16)24(2)22(27)15-6-4-3-5-7-15/h3-7,10,13,16-18H,8-9,11-12H2,1-2H3. The van der Waals surface area contributed by atoms with Crippen LogP contribution in [0.25, 0.3) is 0 Å². The first-order valence-corrected chi connectivity index (χ1v) is 10.3. The molecule has 2 aromatic carbocycles. The highest BCUT2D eigenvalue weighted by Crippen LogP contribution is 2.45. The van der Waals surface area contributed by atoms with Gasteiger partial charge in [-0.2, -0.15) is 0 Å². The summed E-state index contributed by atoms with van der Waals surface area (Å²) in [5.74, 6) is 0.0491. The predicted molar refractivity (Wildman–Crippen MR) is 114 cm³/mol. The lowest BCUT2D eigenvalue weighted by atomic mass is 9.94. The van der Waals surface area contributed by atoms with Gasteiger partial charge in [-0.05, 0) is 50.3 Å². The van der Waals surface area contributed by atoms with Gasteiger partial charge in [0.2, 0.25) is 0 Å². The topological polar surface area (TPSA) is 66.7 Å². The number of hydrogen-bond donors (Lipinski definition) is 0. The van der Waals surface area contributed by atoms with Gasteiger partial charge in [-0.1, -0.05) is 29.8 Å². The zero-order valence-corrected chi connectivity index (χ0v) is 17.3. The van der Waals surface area contributed by atoms with Crippen LogP contribution in [0.5, 0.6) is 0 Å². The number of nitrogens with zero attached hydrogens (tertiary/aromatic N) is 3. The first kappa shape index (κ1) is 19.7. The highest BCUT2D eigenvalue weighted by Gasteiger charge is 2.44. The van der Waals surface area contributed by atoms with Crippen molar-refractivity contribution in [3.05, 3.63) is 68.7 Å². The number of amides is 1. The SMILES string of the molecule is Cc1cc([N+](=O)[O-])cc(Cl)c1N1C2CCC1CC(N(C)C(=O)c1ccccc1)C2. The Kier molecular flexibility index (Phi) is 5.21. The van der Waals surface area contributed by atoms with Crippen LogP contribution in [0.3, 0.4) is 0 Å². The van der Waals surface area contributed by atoms with E-state index in [-0.39, 0.29) is 29.7 Å². The van der Waals surface area contributed by atoms with E-state index in [1.165, 1.54) is 6.07 Å². The molecule has 2 aliphatic heterocycles. The van der Waals surface area contributed by atoms with Gasteiger partial charge in [0.1, 0.15) is 0 Å². The molecule has 2 unspecified atom stereocenters. The number of carbonyl (C=O) groups excluding carboxylic acids is 1. The number of hydrogen-bond acceptors (Lipinski definition) is 4. The molecule has 4 rings (SSSR count). The van der Waals surface area contributed by atoms with Gasteiger partial charge in [-0.3, -0.25) is 14.9 Å². The molecule has 0 radical (unpaired) electrons. The summed E-state index contributed by atoms with van der Waals surface area (Å²) in [6, 6.07) is 13.1. The molecule has 2 heterocycles. The largest absolute Gasteiger partial charge is 0.364 e. The van der Waals surface area contributed by atoms with Crippen LogP contribution < -0.4 is 4.90 Å². The maximum absolute atomic E-state index is 12.9. The van der Waals surface area contributed by atoms with Gasteiger partial charge in [0, 0.05) is 42.9 Å². The van der Waals surface area contributed by atoms with Gasteiger partial charge in [0.25, 0.3) is 11.6 Å². The van der Waals surface area contributed by atoms with Crippen LogP contribution in [0.2, 0.25) is 5.02 Å².